The van der Waals surface area contributed by atoms with Crippen molar-refractivity contribution in [3.8, 4) is 0 Å². The number of thioether (sulfide) groups is 1. The molecule has 0 N–H and O–H groups in total. The average molecular weight is 576 g/mol. The fourth-order valence-corrected chi connectivity index (χ4v) is 7.04. The summed E-state index contributed by atoms with van der Waals surface area (Å²) in [6.07, 6.45) is 8.08. The smallest absolute Gasteiger partial charge is 0.162 e. The number of carbonyl (C=O) groups excluding carboxylic acids is 2. The average Bonchev–Trinajstić information content (AvgIpc) is 2.99. The maximum atomic E-state index is 12.4. The van der Waals surface area contributed by atoms with E-state index in [4.69, 9.17) is 11.6 Å². The molecule has 0 spiro atoms. The van der Waals surface area contributed by atoms with Crippen LogP contribution in [-0.2, 0) is 23.4 Å². The van der Waals surface area contributed by atoms with Gasteiger partial charge in [-0.3, -0.25) is 14.5 Å². The monoisotopic (exact) mass is 575 g/mol. The normalized spacial score (nSPS) is 14.8. The molecular weight excluding hydrogens is 534 g/mol. The number of fused-ring (bicyclic) bond motifs is 1. The first kappa shape index (κ1) is 30.6. The fraction of sp³-hybridized carbons (Fsp3) is 0.429. The summed E-state index contributed by atoms with van der Waals surface area (Å²) in [6, 6.07) is 23.5. The van der Waals surface area contributed by atoms with Gasteiger partial charge in [0, 0.05) is 53.1 Å². The van der Waals surface area contributed by atoms with Crippen LogP contribution in [0.3, 0.4) is 0 Å². The van der Waals surface area contributed by atoms with Crippen LogP contribution in [0.5, 0.6) is 0 Å². The predicted octanol–water partition coefficient (Wildman–Crippen LogP) is 9.30. The van der Waals surface area contributed by atoms with Crippen LogP contribution >= 0.6 is 23.4 Å². The molecule has 40 heavy (non-hydrogen) atoms. The van der Waals surface area contributed by atoms with E-state index in [0.29, 0.717) is 31.1 Å². The van der Waals surface area contributed by atoms with Crippen LogP contribution in [0.2, 0.25) is 5.02 Å². The van der Waals surface area contributed by atoms with Gasteiger partial charge in [-0.15, -0.1) is 11.8 Å². The van der Waals surface area contributed by atoms with Crippen LogP contribution in [-0.4, -0.2) is 29.6 Å². The molecule has 0 heterocycles. The van der Waals surface area contributed by atoms with E-state index in [1.54, 1.807) is 0 Å². The van der Waals surface area contributed by atoms with Crippen LogP contribution in [0.4, 0.5) is 0 Å². The molecule has 0 saturated carbocycles. The largest absolute Gasteiger partial charge is 0.300 e. The number of hydrogen-bond donors (Lipinski definition) is 0. The zero-order valence-corrected chi connectivity index (χ0v) is 25.5. The number of rotatable bonds is 15. The maximum absolute atomic E-state index is 12.4. The number of aryl methyl sites for hydroxylation is 1. The molecule has 1 atom stereocenters. The molecule has 212 valence electrons. The molecule has 4 rings (SSSR count). The molecule has 0 aromatic heterocycles. The molecule has 3 nitrogen and oxygen atoms in total. The molecule has 1 aliphatic carbocycles. The molecule has 1 unspecified atom stereocenters. The lowest BCUT2D eigenvalue weighted by Gasteiger charge is -2.36. The Morgan fingerprint density at radius 2 is 1.70 bits per heavy atom. The van der Waals surface area contributed by atoms with Gasteiger partial charge >= 0.3 is 0 Å². The van der Waals surface area contributed by atoms with E-state index < -0.39 is 0 Å². The highest BCUT2D eigenvalue weighted by Crippen LogP contribution is 2.36. The van der Waals surface area contributed by atoms with Crippen molar-refractivity contribution in [3.63, 3.8) is 0 Å². The van der Waals surface area contributed by atoms with Gasteiger partial charge in [0.15, 0.2) is 5.78 Å². The quantitative estimate of drug-likeness (QED) is 0.103. The van der Waals surface area contributed by atoms with Crippen LogP contribution in [0.25, 0.3) is 0 Å². The molecule has 0 amide bonds. The molecule has 5 heteroatoms. The van der Waals surface area contributed by atoms with Crippen LogP contribution in [0.15, 0.2) is 71.6 Å². The van der Waals surface area contributed by atoms with E-state index in [0.717, 1.165) is 73.5 Å². The van der Waals surface area contributed by atoms with Crippen LogP contribution in [0, 0.1) is 0 Å². The van der Waals surface area contributed by atoms with Gasteiger partial charge in [-0.2, -0.15) is 0 Å². The van der Waals surface area contributed by atoms with E-state index in [2.05, 4.69) is 47.4 Å². The van der Waals surface area contributed by atoms with Gasteiger partial charge in [0.1, 0.15) is 5.78 Å². The number of ketones is 2. The Labute approximate surface area is 249 Å². The molecule has 0 aliphatic heterocycles. The van der Waals surface area contributed by atoms with Crippen molar-refractivity contribution in [3.05, 3.63) is 99.6 Å². The second-order valence-electron chi connectivity index (χ2n) is 10.7. The van der Waals surface area contributed by atoms with Gasteiger partial charge in [0.2, 0.25) is 0 Å². The van der Waals surface area contributed by atoms with Gasteiger partial charge in [0.25, 0.3) is 0 Å². The third-order valence-electron chi connectivity index (χ3n) is 8.04. The SMILES string of the molecule is CCC(=O)CCCCN(CCc1ccccc1SCc1ccccc1Cl)C1CCCc2cc(C(=O)CC)ccc21. The Balaban J connectivity index is 1.50. The predicted molar refractivity (Wildman–Crippen MR) is 169 cm³/mol. The van der Waals surface area contributed by atoms with Gasteiger partial charge in [-0.1, -0.05) is 74.0 Å². The fourth-order valence-electron chi connectivity index (χ4n) is 5.67. The lowest BCUT2D eigenvalue weighted by molar-refractivity contribution is -0.118. The van der Waals surface area contributed by atoms with E-state index in [-0.39, 0.29) is 5.78 Å². The molecule has 0 bridgehead atoms. The Kier molecular flexibility index (Phi) is 11.9. The van der Waals surface area contributed by atoms with Crippen LogP contribution < -0.4 is 0 Å². The standard InChI is InChI=1S/C35H42ClNO2S/c1-3-30(38)15-9-10-22-37(33-17-11-14-27-24-28(34(39)4-2)19-20-31(27)33)23-21-26-12-6-8-18-35(26)40-25-29-13-5-7-16-32(29)36/h5-8,12-13,16,18-20,24,33H,3-4,9-11,14-15,17,21-23,25H2,1-2H3. The highest BCUT2D eigenvalue weighted by molar-refractivity contribution is 7.98. The number of nitrogens with zero attached hydrogens (tertiary/aromatic N) is 1. The summed E-state index contributed by atoms with van der Waals surface area (Å²) in [5.41, 5.74) is 6.08. The van der Waals surface area contributed by atoms with Gasteiger partial charge in [-0.05, 0) is 85.5 Å². The van der Waals surface area contributed by atoms with Gasteiger partial charge in [0.05, 0.1) is 0 Å². The summed E-state index contributed by atoms with van der Waals surface area (Å²) < 4.78 is 0. The zero-order valence-electron chi connectivity index (χ0n) is 24.0. The summed E-state index contributed by atoms with van der Waals surface area (Å²) in [4.78, 5) is 28.2. The van der Waals surface area contributed by atoms with Crippen molar-refractivity contribution >= 4 is 34.9 Å². The molecular formula is C35H42ClNO2S. The molecule has 0 saturated heterocycles. The number of unbranched alkanes of at least 4 members (excludes halogenated alkanes) is 1. The van der Waals surface area contributed by atoms with E-state index in [1.165, 1.54) is 21.6 Å². The third-order valence-corrected chi connectivity index (χ3v) is 9.57. The number of hydrogen-bond acceptors (Lipinski definition) is 4. The van der Waals surface area contributed by atoms with E-state index >= 15 is 0 Å². The van der Waals surface area contributed by atoms with Crippen molar-refractivity contribution in [1.82, 2.24) is 4.90 Å². The number of halogens is 1. The summed E-state index contributed by atoms with van der Waals surface area (Å²) in [5.74, 6) is 1.42. The van der Waals surface area contributed by atoms with Crippen molar-refractivity contribution in [1.29, 1.82) is 0 Å². The molecule has 0 fully saturated rings. The number of Topliss-reactive ketones (excluding diaryl/α,β-unsaturated/α-hetero) is 2. The van der Waals surface area contributed by atoms with E-state index in [1.807, 2.05) is 49.9 Å². The summed E-state index contributed by atoms with van der Waals surface area (Å²) >= 11 is 8.28. The van der Waals surface area contributed by atoms with Crippen molar-refractivity contribution < 1.29 is 9.59 Å². The Bertz CT molecular complexity index is 1290. The van der Waals surface area contributed by atoms with Crippen molar-refractivity contribution in [2.45, 2.75) is 88.3 Å². The van der Waals surface area contributed by atoms with Crippen molar-refractivity contribution in [2.24, 2.45) is 0 Å². The third kappa shape index (κ3) is 8.31. The molecule has 3 aromatic rings. The second kappa shape index (κ2) is 15.6. The highest BCUT2D eigenvalue weighted by Gasteiger charge is 2.26. The molecule has 3 aromatic carbocycles. The first-order valence-electron chi connectivity index (χ1n) is 14.9. The van der Waals surface area contributed by atoms with Crippen LogP contribution in [0.1, 0.15) is 97.4 Å². The lowest BCUT2D eigenvalue weighted by atomic mass is 9.85. The minimum Gasteiger partial charge on any atom is -0.300 e. The van der Waals surface area contributed by atoms with E-state index in [9.17, 15) is 9.59 Å². The zero-order chi connectivity index (χ0) is 28.3. The molecule has 0 radical (unpaired) electrons. The summed E-state index contributed by atoms with van der Waals surface area (Å²) in [5, 5.41) is 0.819. The van der Waals surface area contributed by atoms with Gasteiger partial charge < -0.3 is 0 Å². The lowest BCUT2D eigenvalue weighted by Crippen LogP contribution is -2.34. The minimum atomic E-state index is 0.216. The minimum absolute atomic E-state index is 0.216. The first-order chi connectivity index (χ1) is 19.5. The number of carbonyl (C=O) groups is 2. The summed E-state index contributed by atoms with van der Waals surface area (Å²) in [7, 11) is 0. The molecule has 1 aliphatic rings. The van der Waals surface area contributed by atoms with Gasteiger partial charge in [-0.25, -0.2) is 0 Å². The first-order valence-corrected chi connectivity index (χ1v) is 16.2. The van der Waals surface area contributed by atoms with Crippen molar-refractivity contribution in [2.75, 3.05) is 13.1 Å². The maximum Gasteiger partial charge on any atom is 0.162 e. The summed E-state index contributed by atoms with van der Waals surface area (Å²) in [6.45, 7) is 5.82. The second-order valence-corrected chi connectivity index (χ2v) is 12.1. The Hall–Kier alpha value is -2.40. The number of benzene rings is 3. The Morgan fingerprint density at radius 3 is 2.48 bits per heavy atom. The highest BCUT2D eigenvalue weighted by atomic mass is 35.5. The topological polar surface area (TPSA) is 37.4 Å². The Morgan fingerprint density at radius 1 is 0.925 bits per heavy atom.